The van der Waals surface area contributed by atoms with Crippen molar-refractivity contribution in [2.45, 2.75) is 18.9 Å². The summed E-state index contributed by atoms with van der Waals surface area (Å²) in [4.78, 5) is 21.3. The molecule has 0 aromatic carbocycles. The van der Waals surface area contributed by atoms with Gasteiger partial charge >= 0.3 is 5.97 Å². The first kappa shape index (κ1) is 7.77. The first-order chi connectivity index (χ1) is 4.74. The van der Waals surface area contributed by atoms with Gasteiger partial charge in [0, 0.05) is 6.42 Å². The molecular weight excluding hydrogens is 249 g/mol. The normalized spacial score (nSPS) is 24.1. The Morgan fingerprint density at radius 2 is 2.50 bits per heavy atom. The Balaban J connectivity index is 2.44. The zero-order valence-corrected chi connectivity index (χ0v) is 7.25. The number of hydrogen-bond donors (Lipinski definition) is 1. The van der Waals surface area contributed by atoms with E-state index in [9.17, 15) is 9.59 Å². The summed E-state index contributed by atoms with van der Waals surface area (Å²) in [7, 11) is 0. The van der Waals surface area contributed by atoms with E-state index in [0.717, 1.165) is 0 Å². The number of amides is 1. The average molecular weight is 255 g/mol. The Kier molecular flexibility index (Phi) is 2.47. The summed E-state index contributed by atoms with van der Waals surface area (Å²) < 4.78 is 4.40. The van der Waals surface area contributed by atoms with Crippen LogP contribution in [-0.2, 0) is 12.7 Å². The van der Waals surface area contributed by atoms with Gasteiger partial charge in [0.1, 0.15) is 6.04 Å². The molecule has 0 aromatic heterocycles. The number of rotatable bonds is 1. The average Bonchev–Trinajstić information content (AvgIpc) is 2.34. The van der Waals surface area contributed by atoms with E-state index in [0.29, 0.717) is 12.8 Å². The summed E-state index contributed by atoms with van der Waals surface area (Å²) in [6.07, 6.45) is 0.983. The predicted octanol–water partition coefficient (Wildman–Crippen LogP) is 0.158. The van der Waals surface area contributed by atoms with Gasteiger partial charge in [-0.3, -0.25) is 4.79 Å². The molecule has 1 heterocycles. The van der Waals surface area contributed by atoms with Gasteiger partial charge in [0.2, 0.25) is 5.91 Å². The third-order valence-corrected chi connectivity index (χ3v) is 1.79. The molecule has 10 heavy (non-hydrogen) atoms. The van der Waals surface area contributed by atoms with Crippen LogP contribution < -0.4 is 5.32 Å². The molecule has 0 spiro atoms. The predicted molar refractivity (Wildman–Crippen MR) is 41.3 cm³/mol. The lowest BCUT2D eigenvalue weighted by Crippen LogP contribution is -2.32. The molecule has 1 aliphatic rings. The molecule has 1 amide bonds. The van der Waals surface area contributed by atoms with Crippen LogP contribution in [0.25, 0.3) is 0 Å². The Morgan fingerprint density at radius 1 is 1.80 bits per heavy atom. The van der Waals surface area contributed by atoms with Crippen LogP contribution in [0.1, 0.15) is 12.8 Å². The van der Waals surface area contributed by atoms with Crippen molar-refractivity contribution >= 4 is 34.9 Å². The monoisotopic (exact) mass is 255 g/mol. The van der Waals surface area contributed by atoms with E-state index in [1.54, 1.807) is 0 Å². The highest BCUT2D eigenvalue weighted by Crippen LogP contribution is 2.08. The van der Waals surface area contributed by atoms with E-state index in [-0.39, 0.29) is 11.9 Å². The number of halogens is 1. The lowest BCUT2D eigenvalue weighted by atomic mass is 10.2. The second kappa shape index (κ2) is 3.18. The van der Waals surface area contributed by atoms with Crippen molar-refractivity contribution in [3.05, 3.63) is 0 Å². The first-order valence-corrected chi connectivity index (χ1v) is 3.74. The summed E-state index contributed by atoms with van der Waals surface area (Å²) >= 11 is 1.51. The molecule has 1 saturated heterocycles. The van der Waals surface area contributed by atoms with Crippen molar-refractivity contribution in [3.8, 4) is 0 Å². The third-order valence-electron chi connectivity index (χ3n) is 1.36. The van der Waals surface area contributed by atoms with E-state index >= 15 is 0 Å². The van der Waals surface area contributed by atoms with Crippen LogP contribution in [0.3, 0.4) is 0 Å². The fraction of sp³-hybridized carbons (Fsp3) is 0.600. The van der Waals surface area contributed by atoms with Crippen molar-refractivity contribution in [1.29, 1.82) is 0 Å². The number of carbonyl (C=O) groups excluding carboxylic acids is 2. The summed E-state index contributed by atoms with van der Waals surface area (Å²) in [6, 6.07) is -0.413. The van der Waals surface area contributed by atoms with Gasteiger partial charge in [0.15, 0.2) is 23.0 Å². The van der Waals surface area contributed by atoms with Crippen LogP contribution >= 0.6 is 23.0 Å². The molecule has 56 valence electrons. The molecule has 1 N–H and O–H groups in total. The molecule has 1 fully saturated rings. The summed E-state index contributed by atoms with van der Waals surface area (Å²) in [6.45, 7) is 0. The van der Waals surface area contributed by atoms with E-state index in [2.05, 4.69) is 8.38 Å². The molecule has 1 aliphatic heterocycles. The number of nitrogens with one attached hydrogen (secondary N) is 1. The van der Waals surface area contributed by atoms with E-state index < -0.39 is 6.04 Å². The molecular formula is C5H6INO3. The lowest BCUT2D eigenvalue weighted by molar-refractivity contribution is -0.134. The number of carbonyl (C=O) groups is 2. The zero-order valence-electron chi connectivity index (χ0n) is 5.09. The van der Waals surface area contributed by atoms with Crippen LogP contribution in [0, 0.1) is 0 Å². The molecule has 4 nitrogen and oxygen atoms in total. The zero-order chi connectivity index (χ0) is 7.56. The summed E-state index contributed by atoms with van der Waals surface area (Å²) in [5, 5.41) is 2.49. The molecule has 0 bridgehead atoms. The molecule has 0 aliphatic carbocycles. The van der Waals surface area contributed by atoms with Crippen molar-refractivity contribution in [2.75, 3.05) is 0 Å². The van der Waals surface area contributed by atoms with Crippen molar-refractivity contribution in [3.63, 3.8) is 0 Å². The maximum atomic E-state index is 10.7. The SMILES string of the molecule is O=C1CC[C@@H](C(=O)OI)N1. The van der Waals surface area contributed by atoms with Gasteiger partial charge in [-0.1, -0.05) is 0 Å². The Bertz CT molecular complexity index is 170. The van der Waals surface area contributed by atoms with E-state index in [4.69, 9.17) is 0 Å². The highest BCUT2D eigenvalue weighted by atomic mass is 127. The summed E-state index contributed by atoms with van der Waals surface area (Å²) in [5.41, 5.74) is 0. The second-order valence-corrected chi connectivity index (χ2v) is 2.50. The van der Waals surface area contributed by atoms with Crippen molar-refractivity contribution < 1.29 is 12.7 Å². The topological polar surface area (TPSA) is 55.4 Å². The summed E-state index contributed by atoms with van der Waals surface area (Å²) in [5.74, 6) is -0.446. The van der Waals surface area contributed by atoms with Crippen LogP contribution in [-0.4, -0.2) is 17.9 Å². The minimum absolute atomic E-state index is 0.0770. The first-order valence-electron chi connectivity index (χ1n) is 2.86. The van der Waals surface area contributed by atoms with Crippen LogP contribution in [0.4, 0.5) is 0 Å². The lowest BCUT2D eigenvalue weighted by Gasteiger charge is -2.03. The molecule has 1 rings (SSSR count). The third kappa shape index (κ3) is 1.59. The standard InChI is InChI=1S/C5H6INO3/c6-10-5(9)3-1-2-4(8)7-3/h3H,1-2H2,(H,7,8)/t3-/m0/s1. The van der Waals surface area contributed by atoms with Gasteiger partial charge in [-0.25, -0.2) is 4.79 Å². The van der Waals surface area contributed by atoms with Crippen molar-refractivity contribution in [1.82, 2.24) is 5.32 Å². The smallest absolute Gasteiger partial charge is 0.338 e. The molecule has 1 atom stereocenters. The van der Waals surface area contributed by atoms with Crippen molar-refractivity contribution in [2.24, 2.45) is 0 Å². The van der Waals surface area contributed by atoms with Crippen LogP contribution in [0.15, 0.2) is 0 Å². The van der Waals surface area contributed by atoms with Gasteiger partial charge in [-0.15, -0.1) is 0 Å². The highest BCUT2D eigenvalue weighted by molar-refractivity contribution is 14.1. The van der Waals surface area contributed by atoms with E-state index in [1.807, 2.05) is 0 Å². The quantitative estimate of drug-likeness (QED) is 0.679. The minimum atomic E-state index is -0.413. The Hall–Kier alpha value is -0.330. The molecule has 0 aromatic rings. The Morgan fingerprint density at radius 3 is 2.90 bits per heavy atom. The molecule has 0 radical (unpaired) electrons. The number of hydrogen-bond acceptors (Lipinski definition) is 3. The molecule has 0 saturated carbocycles. The minimum Gasteiger partial charge on any atom is -0.393 e. The largest absolute Gasteiger partial charge is 0.393 e. The van der Waals surface area contributed by atoms with Crippen LogP contribution in [0.2, 0.25) is 0 Å². The van der Waals surface area contributed by atoms with Crippen LogP contribution in [0.5, 0.6) is 0 Å². The van der Waals surface area contributed by atoms with Gasteiger partial charge in [-0.05, 0) is 6.42 Å². The maximum Gasteiger partial charge on any atom is 0.338 e. The van der Waals surface area contributed by atoms with Gasteiger partial charge < -0.3 is 8.38 Å². The fourth-order valence-electron chi connectivity index (χ4n) is 0.845. The fourth-order valence-corrected chi connectivity index (χ4v) is 1.15. The van der Waals surface area contributed by atoms with E-state index in [1.165, 1.54) is 23.0 Å². The van der Waals surface area contributed by atoms with Gasteiger partial charge in [-0.2, -0.15) is 0 Å². The second-order valence-electron chi connectivity index (χ2n) is 2.05. The van der Waals surface area contributed by atoms with Gasteiger partial charge in [0.05, 0.1) is 0 Å². The maximum absolute atomic E-state index is 10.7. The molecule has 5 heteroatoms. The Labute approximate surface area is 72.0 Å². The van der Waals surface area contributed by atoms with Gasteiger partial charge in [0.25, 0.3) is 0 Å². The molecule has 0 unspecified atom stereocenters. The highest BCUT2D eigenvalue weighted by Gasteiger charge is 2.27.